The molecule has 136 valence electrons. The lowest BCUT2D eigenvalue weighted by atomic mass is 10.1. The molecular weight excluding hydrogens is 330 g/mol. The number of fused-ring (bicyclic) bond motifs is 1. The van der Waals surface area contributed by atoms with E-state index < -0.39 is 0 Å². The third-order valence-electron chi connectivity index (χ3n) is 4.35. The molecule has 1 aromatic carbocycles. The number of nitrogens with one attached hydrogen (secondary N) is 1. The van der Waals surface area contributed by atoms with Crippen LogP contribution >= 0.6 is 0 Å². The third kappa shape index (κ3) is 3.64. The number of hydrogen-bond acceptors (Lipinski definition) is 4. The fraction of sp³-hybridized carbons (Fsp3) is 0.300. The van der Waals surface area contributed by atoms with Crippen molar-refractivity contribution < 1.29 is 14.3 Å². The van der Waals surface area contributed by atoms with Gasteiger partial charge in [0.05, 0.1) is 32.4 Å². The number of carbonyl (C=O) groups excluding carboxylic acids is 1. The van der Waals surface area contributed by atoms with Gasteiger partial charge in [0.25, 0.3) is 0 Å². The second-order valence-corrected chi connectivity index (χ2v) is 6.23. The second kappa shape index (κ2) is 7.47. The van der Waals surface area contributed by atoms with Gasteiger partial charge in [-0.25, -0.2) is 4.98 Å². The van der Waals surface area contributed by atoms with Gasteiger partial charge in [0.15, 0.2) is 0 Å². The van der Waals surface area contributed by atoms with Crippen LogP contribution in [0.1, 0.15) is 29.8 Å². The first-order valence-electron chi connectivity index (χ1n) is 8.46. The molecule has 0 aliphatic heterocycles. The Morgan fingerprint density at radius 1 is 1.27 bits per heavy atom. The first kappa shape index (κ1) is 17.8. The van der Waals surface area contributed by atoms with E-state index in [-0.39, 0.29) is 18.4 Å². The number of hydrogen-bond donors (Lipinski definition) is 1. The first-order chi connectivity index (χ1) is 12.5. The van der Waals surface area contributed by atoms with Crippen LogP contribution < -0.4 is 14.8 Å². The summed E-state index contributed by atoms with van der Waals surface area (Å²) in [7, 11) is 3.22. The van der Waals surface area contributed by atoms with E-state index >= 15 is 0 Å². The SMILES string of the molecule is COc1ccc(OC)c([C@@H](C)NC(=O)Cc2cn3cccc(C)c3n2)c1. The van der Waals surface area contributed by atoms with Crippen molar-refractivity contribution in [2.24, 2.45) is 0 Å². The van der Waals surface area contributed by atoms with Gasteiger partial charge in [-0.05, 0) is 43.7 Å². The molecule has 1 N–H and O–H groups in total. The summed E-state index contributed by atoms with van der Waals surface area (Å²) in [5.41, 5.74) is 3.55. The van der Waals surface area contributed by atoms with Gasteiger partial charge in [0, 0.05) is 18.0 Å². The second-order valence-electron chi connectivity index (χ2n) is 6.23. The molecule has 0 aliphatic rings. The Morgan fingerprint density at radius 3 is 2.77 bits per heavy atom. The summed E-state index contributed by atoms with van der Waals surface area (Å²) in [5, 5.41) is 3.01. The summed E-state index contributed by atoms with van der Waals surface area (Å²) < 4.78 is 12.6. The van der Waals surface area contributed by atoms with E-state index in [0.717, 1.165) is 28.2 Å². The highest BCUT2D eigenvalue weighted by atomic mass is 16.5. The minimum atomic E-state index is -0.216. The smallest absolute Gasteiger partial charge is 0.226 e. The summed E-state index contributed by atoms with van der Waals surface area (Å²) in [4.78, 5) is 17.0. The number of pyridine rings is 1. The van der Waals surface area contributed by atoms with Crippen LogP contribution in [0, 0.1) is 6.92 Å². The number of amides is 1. The summed E-state index contributed by atoms with van der Waals surface area (Å²) in [5.74, 6) is 1.34. The van der Waals surface area contributed by atoms with Crippen LogP contribution in [0.3, 0.4) is 0 Å². The molecular formula is C20H23N3O3. The van der Waals surface area contributed by atoms with E-state index in [9.17, 15) is 4.79 Å². The number of imidazole rings is 1. The number of benzene rings is 1. The topological polar surface area (TPSA) is 64.9 Å². The lowest BCUT2D eigenvalue weighted by Crippen LogP contribution is -2.28. The van der Waals surface area contributed by atoms with Gasteiger partial charge >= 0.3 is 0 Å². The normalized spacial score (nSPS) is 12.0. The molecule has 0 saturated heterocycles. The number of ether oxygens (including phenoxy) is 2. The highest BCUT2D eigenvalue weighted by Gasteiger charge is 2.16. The van der Waals surface area contributed by atoms with Crippen LogP contribution in [0.15, 0.2) is 42.7 Å². The van der Waals surface area contributed by atoms with Gasteiger partial charge in [-0.15, -0.1) is 0 Å². The molecule has 6 nitrogen and oxygen atoms in total. The molecule has 0 radical (unpaired) electrons. The van der Waals surface area contributed by atoms with Crippen molar-refractivity contribution in [2.75, 3.05) is 14.2 Å². The summed E-state index contributed by atoms with van der Waals surface area (Å²) in [6.07, 6.45) is 4.04. The van der Waals surface area contributed by atoms with E-state index in [4.69, 9.17) is 9.47 Å². The molecule has 1 amide bonds. The van der Waals surface area contributed by atoms with E-state index in [0.29, 0.717) is 5.75 Å². The molecule has 6 heteroatoms. The van der Waals surface area contributed by atoms with Crippen molar-refractivity contribution in [3.05, 3.63) is 59.5 Å². The minimum Gasteiger partial charge on any atom is -0.497 e. The minimum absolute atomic E-state index is 0.0940. The monoisotopic (exact) mass is 353 g/mol. The maximum Gasteiger partial charge on any atom is 0.226 e. The average Bonchev–Trinajstić information content (AvgIpc) is 3.04. The first-order valence-corrected chi connectivity index (χ1v) is 8.46. The van der Waals surface area contributed by atoms with Crippen molar-refractivity contribution in [3.63, 3.8) is 0 Å². The fourth-order valence-electron chi connectivity index (χ4n) is 3.00. The number of nitrogens with zero attached hydrogens (tertiary/aromatic N) is 2. The van der Waals surface area contributed by atoms with Gasteiger partial charge in [0.1, 0.15) is 17.1 Å². The van der Waals surface area contributed by atoms with Gasteiger partial charge in [-0.1, -0.05) is 6.07 Å². The molecule has 0 saturated carbocycles. The molecule has 3 aromatic rings. The Balaban J connectivity index is 1.73. The quantitative estimate of drug-likeness (QED) is 0.740. The molecule has 26 heavy (non-hydrogen) atoms. The van der Waals surface area contributed by atoms with Crippen molar-refractivity contribution in [3.8, 4) is 11.5 Å². The molecule has 0 spiro atoms. The zero-order valence-corrected chi connectivity index (χ0v) is 15.4. The van der Waals surface area contributed by atoms with Gasteiger partial charge < -0.3 is 19.2 Å². The molecule has 0 aliphatic carbocycles. The summed E-state index contributed by atoms with van der Waals surface area (Å²) >= 11 is 0. The van der Waals surface area contributed by atoms with Crippen molar-refractivity contribution >= 4 is 11.6 Å². The molecule has 3 rings (SSSR count). The maximum atomic E-state index is 12.5. The molecule has 0 unspecified atom stereocenters. The number of rotatable bonds is 6. The average molecular weight is 353 g/mol. The molecule has 0 fully saturated rings. The number of methoxy groups -OCH3 is 2. The number of carbonyl (C=O) groups is 1. The predicted octanol–water partition coefficient (Wildman–Crippen LogP) is 3.08. The van der Waals surface area contributed by atoms with Crippen molar-refractivity contribution in [1.82, 2.24) is 14.7 Å². The predicted molar refractivity (Wildman–Crippen MR) is 99.7 cm³/mol. The van der Waals surface area contributed by atoms with Gasteiger partial charge in [-0.2, -0.15) is 0 Å². The van der Waals surface area contributed by atoms with Crippen LogP contribution in [-0.2, 0) is 11.2 Å². The Labute approximate surface area is 152 Å². The van der Waals surface area contributed by atoms with E-state index in [1.54, 1.807) is 14.2 Å². The van der Waals surface area contributed by atoms with E-state index in [1.165, 1.54) is 0 Å². The fourth-order valence-corrected chi connectivity index (χ4v) is 3.00. The number of aromatic nitrogens is 2. The van der Waals surface area contributed by atoms with Crippen molar-refractivity contribution in [2.45, 2.75) is 26.3 Å². The Kier molecular flexibility index (Phi) is 5.11. The standard InChI is InChI=1S/C20H23N3O3/c1-13-6-5-9-23-12-15(22-20(13)23)10-19(24)21-14(2)17-11-16(25-3)7-8-18(17)26-4/h5-9,11-12,14H,10H2,1-4H3,(H,21,24)/t14-/m1/s1. The van der Waals surface area contributed by atoms with Crippen LogP contribution in [-0.4, -0.2) is 29.5 Å². The highest BCUT2D eigenvalue weighted by molar-refractivity contribution is 5.79. The Bertz CT molecular complexity index is 933. The molecule has 1 atom stereocenters. The van der Waals surface area contributed by atoms with Gasteiger partial charge in [0.2, 0.25) is 5.91 Å². The zero-order valence-electron chi connectivity index (χ0n) is 15.4. The largest absolute Gasteiger partial charge is 0.497 e. The summed E-state index contributed by atoms with van der Waals surface area (Å²) in [6, 6.07) is 9.29. The Hall–Kier alpha value is -3.02. The lowest BCUT2D eigenvalue weighted by molar-refractivity contribution is -0.121. The van der Waals surface area contributed by atoms with E-state index in [1.807, 2.05) is 61.0 Å². The Morgan fingerprint density at radius 2 is 2.08 bits per heavy atom. The molecule has 2 heterocycles. The molecule has 0 bridgehead atoms. The van der Waals surface area contributed by atoms with Crippen LogP contribution in [0.25, 0.3) is 5.65 Å². The zero-order chi connectivity index (χ0) is 18.7. The molecule has 2 aromatic heterocycles. The number of aryl methyl sites for hydroxylation is 1. The summed E-state index contributed by atoms with van der Waals surface area (Å²) in [6.45, 7) is 3.92. The van der Waals surface area contributed by atoms with Crippen LogP contribution in [0.4, 0.5) is 0 Å². The third-order valence-corrected chi connectivity index (χ3v) is 4.35. The van der Waals surface area contributed by atoms with Gasteiger partial charge in [-0.3, -0.25) is 4.79 Å². The van der Waals surface area contributed by atoms with Crippen LogP contribution in [0.5, 0.6) is 11.5 Å². The lowest BCUT2D eigenvalue weighted by Gasteiger charge is -2.18. The van der Waals surface area contributed by atoms with E-state index in [2.05, 4.69) is 10.3 Å². The van der Waals surface area contributed by atoms with Crippen molar-refractivity contribution in [1.29, 1.82) is 0 Å². The van der Waals surface area contributed by atoms with Crippen LogP contribution in [0.2, 0.25) is 0 Å². The highest BCUT2D eigenvalue weighted by Crippen LogP contribution is 2.29. The maximum absolute atomic E-state index is 12.5.